The first kappa shape index (κ1) is 12.0. The molecule has 0 fully saturated rings. The zero-order valence-corrected chi connectivity index (χ0v) is 13.7. The fraction of sp³-hybridized carbons (Fsp3) is 0. The number of nitrogens with one attached hydrogen (secondary N) is 1. The van der Waals surface area contributed by atoms with Crippen LogP contribution in [0.2, 0.25) is 0 Å². The molecule has 0 aliphatic carbocycles. The first-order chi connectivity index (χ1) is 11.3. The van der Waals surface area contributed by atoms with Crippen LogP contribution in [0.1, 0.15) is 0 Å². The molecule has 6 rings (SSSR count). The lowest BCUT2D eigenvalue weighted by Crippen LogP contribution is -1.75. The largest absolute Gasteiger partial charge is 0.354 e. The highest BCUT2D eigenvalue weighted by molar-refractivity contribution is 9.10. The van der Waals surface area contributed by atoms with Gasteiger partial charge >= 0.3 is 0 Å². The van der Waals surface area contributed by atoms with Crippen LogP contribution in [0.25, 0.3) is 49.0 Å². The molecule has 0 unspecified atom stereocenters. The summed E-state index contributed by atoms with van der Waals surface area (Å²) in [5.41, 5.74) is 4.99. The lowest BCUT2D eigenvalue weighted by Gasteiger charge is -1.97. The van der Waals surface area contributed by atoms with E-state index in [0.717, 1.165) is 4.47 Å². The Morgan fingerprint density at radius 3 is 2.65 bits per heavy atom. The monoisotopic (exact) mass is 358 g/mol. The third kappa shape index (κ3) is 1.35. The van der Waals surface area contributed by atoms with Crippen LogP contribution in [0.5, 0.6) is 0 Å². The zero-order chi connectivity index (χ0) is 15.1. The SMILES string of the molecule is Brc1ccc2[nH]c3c(cc4c5ccccc5n5ccc3c45)c2c1. The average molecular weight is 359 g/mol. The summed E-state index contributed by atoms with van der Waals surface area (Å²) in [7, 11) is 0. The van der Waals surface area contributed by atoms with E-state index in [1.807, 2.05) is 0 Å². The summed E-state index contributed by atoms with van der Waals surface area (Å²) < 4.78 is 3.42. The van der Waals surface area contributed by atoms with Gasteiger partial charge < -0.3 is 9.38 Å². The highest BCUT2D eigenvalue weighted by Crippen LogP contribution is 2.40. The summed E-state index contributed by atoms with van der Waals surface area (Å²) in [6, 6.07) is 19.6. The summed E-state index contributed by atoms with van der Waals surface area (Å²) in [5.74, 6) is 0. The molecule has 0 radical (unpaired) electrons. The Bertz CT molecular complexity index is 1370. The van der Waals surface area contributed by atoms with E-state index in [1.54, 1.807) is 0 Å². The molecule has 3 heteroatoms. The van der Waals surface area contributed by atoms with Gasteiger partial charge in [-0.05, 0) is 36.4 Å². The minimum atomic E-state index is 1.11. The Morgan fingerprint density at radius 2 is 1.70 bits per heavy atom. The maximum atomic E-state index is 3.61. The topological polar surface area (TPSA) is 20.2 Å². The van der Waals surface area contributed by atoms with E-state index in [0.29, 0.717) is 0 Å². The highest BCUT2D eigenvalue weighted by atomic mass is 79.9. The molecule has 0 amide bonds. The number of fused-ring (bicyclic) bond motifs is 7. The van der Waals surface area contributed by atoms with Gasteiger partial charge in [0.15, 0.2) is 0 Å². The van der Waals surface area contributed by atoms with Gasteiger partial charge in [0.25, 0.3) is 0 Å². The van der Waals surface area contributed by atoms with Crippen molar-refractivity contribution in [2.24, 2.45) is 0 Å². The molecule has 3 aromatic carbocycles. The van der Waals surface area contributed by atoms with E-state index in [9.17, 15) is 0 Å². The molecular weight excluding hydrogens is 348 g/mol. The van der Waals surface area contributed by atoms with Crippen LogP contribution in [-0.4, -0.2) is 9.38 Å². The molecule has 3 aromatic heterocycles. The standard InChI is InChI=1S/C20H11BrN2/c21-11-5-6-17-14(9-11)15-10-16-12-3-1-2-4-18(12)23-8-7-13(20(16)23)19(15)22-17/h1-10,22H. The quantitative estimate of drug-likeness (QED) is 0.339. The number of H-pyrrole nitrogens is 1. The Balaban J connectivity index is 1.99. The van der Waals surface area contributed by atoms with Crippen molar-refractivity contribution in [1.29, 1.82) is 0 Å². The molecule has 0 aliphatic heterocycles. The van der Waals surface area contributed by atoms with Crippen LogP contribution in [0.3, 0.4) is 0 Å². The fourth-order valence-corrected chi connectivity index (χ4v) is 4.35. The third-order valence-corrected chi connectivity index (χ3v) is 5.45. The zero-order valence-electron chi connectivity index (χ0n) is 12.1. The van der Waals surface area contributed by atoms with Crippen molar-refractivity contribution < 1.29 is 0 Å². The number of rotatable bonds is 0. The average Bonchev–Trinajstić information content (AvgIpc) is 3.23. The molecule has 0 saturated heterocycles. The number of benzene rings is 3. The first-order valence-electron chi connectivity index (χ1n) is 7.66. The summed E-state index contributed by atoms with van der Waals surface area (Å²) in [6.45, 7) is 0. The molecule has 3 heterocycles. The van der Waals surface area contributed by atoms with E-state index >= 15 is 0 Å². The van der Waals surface area contributed by atoms with Gasteiger partial charge in [0.05, 0.1) is 16.6 Å². The lowest BCUT2D eigenvalue weighted by molar-refractivity contribution is 1.30. The molecule has 23 heavy (non-hydrogen) atoms. The molecule has 0 aliphatic rings. The van der Waals surface area contributed by atoms with Gasteiger partial charge in [0, 0.05) is 43.1 Å². The van der Waals surface area contributed by atoms with Gasteiger partial charge in [-0.2, -0.15) is 0 Å². The highest BCUT2D eigenvalue weighted by Gasteiger charge is 2.16. The van der Waals surface area contributed by atoms with Gasteiger partial charge in [0.1, 0.15) is 0 Å². The summed E-state index contributed by atoms with van der Waals surface area (Å²) in [4.78, 5) is 3.61. The molecule has 108 valence electrons. The molecule has 0 atom stereocenters. The minimum absolute atomic E-state index is 1.11. The van der Waals surface area contributed by atoms with Crippen LogP contribution in [0.15, 0.2) is 65.3 Å². The van der Waals surface area contributed by atoms with Crippen LogP contribution in [0.4, 0.5) is 0 Å². The Hall–Kier alpha value is -2.52. The van der Waals surface area contributed by atoms with Gasteiger partial charge in [0.2, 0.25) is 0 Å². The Morgan fingerprint density at radius 1 is 0.783 bits per heavy atom. The number of hydrogen-bond acceptors (Lipinski definition) is 0. The van der Waals surface area contributed by atoms with E-state index in [4.69, 9.17) is 0 Å². The first-order valence-corrected chi connectivity index (χ1v) is 8.45. The van der Waals surface area contributed by atoms with Gasteiger partial charge in [-0.3, -0.25) is 0 Å². The fourth-order valence-electron chi connectivity index (χ4n) is 3.99. The lowest BCUT2D eigenvalue weighted by atomic mass is 10.1. The minimum Gasteiger partial charge on any atom is -0.354 e. The van der Waals surface area contributed by atoms with Crippen LogP contribution in [-0.2, 0) is 0 Å². The Labute approximate surface area is 139 Å². The van der Waals surface area contributed by atoms with E-state index in [2.05, 4.69) is 86.1 Å². The molecule has 0 saturated carbocycles. The van der Waals surface area contributed by atoms with E-state index in [-0.39, 0.29) is 0 Å². The number of aromatic nitrogens is 2. The summed E-state index contributed by atoms with van der Waals surface area (Å²) >= 11 is 3.60. The number of aromatic amines is 1. The van der Waals surface area contributed by atoms with Gasteiger partial charge in [-0.15, -0.1) is 0 Å². The second-order valence-electron chi connectivity index (χ2n) is 6.13. The Kier molecular flexibility index (Phi) is 2.01. The van der Waals surface area contributed by atoms with Gasteiger partial charge in [-0.1, -0.05) is 34.1 Å². The predicted molar refractivity (Wildman–Crippen MR) is 101 cm³/mol. The van der Waals surface area contributed by atoms with Crippen molar-refractivity contribution in [2.75, 3.05) is 0 Å². The van der Waals surface area contributed by atoms with Crippen molar-refractivity contribution in [2.45, 2.75) is 0 Å². The molecule has 1 N–H and O–H groups in total. The predicted octanol–water partition coefficient (Wildman–Crippen LogP) is 6.08. The maximum absolute atomic E-state index is 3.61. The van der Waals surface area contributed by atoms with Crippen molar-refractivity contribution in [3.8, 4) is 0 Å². The smallest absolute Gasteiger partial charge is 0.0629 e. The molecule has 0 spiro atoms. The van der Waals surface area contributed by atoms with Crippen LogP contribution in [0, 0.1) is 0 Å². The van der Waals surface area contributed by atoms with Crippen molar-refractivity contribution in [1.82, 2.24) is 9.38 Å². The second-order valence-corrected chi connectivity index (χ2v) is 7.04. The molecule has 0 bridgehead atoms. The van der Waals surface area contributed by atoms with Crippen LogP contribution >= 0.6 is 15.9 Å². The van der Waals surface area contributed by atoms with E-state index in [1.165, 1.54) is 49.0 Å². The third-order valence-electron chi connectivity index (χ3n) is 4.95. The van der Waals surface area contributed by atoms with Crippen LogP contribution < -0.4 is 0 Å². The molecule has 6 aromatic rings. The number of para-hydroxylation sites is 1. The number of hydrogen-bond donors (Lipinski definition) is 1. The van der Waals surface area contributed by atoms with Crippen molar-refractivity contribution >= 4 is 64.9 Å². The number of nitrogens with zero attached hydrogens (tertiary/aromatic N) is 1. The number of halogens is 1. The summed E-state index contributed by atoms with van der Waals surface area (Å²) in [5, 5.41) is 6.50. The second kappa shape index (κ2) is 3.87. The summed E-state index contributed by atoms with van der Waals surface area (Å²) in [6.07, 6.45) is 2.18. The van der Waals surface area contributed by atoms with Gasteiger partial charge in [-0.25, -0.2) is 0 Å². The molecule has 2 nitrogen and oxygen atoms in total. The van der Waals surface area contributed by atoms with Crippen molar-refractivity contribution in [3.05, 3.63) is 65.3 Å². The molecular formula is C20H11BrN2. The van der Waals surface area contributed by atoms with Crippen molar-refractivity contribution in [3.63, 3.8) is 0 Å². The maximum Gasteiger partial charge on any atom is 0.0629 e. The normalized spacial score (nSPS) is 12.6. The van der Waals surface area contributed by atoms with E-state index < -0.39 is 0 Å².